The van der Waals surface area contributed by atoms with E-state index in [-0.39, 0.29) is 21.8 Å². The molecule has 0 aliphatic rings. The average molecular weight is 302 g/mol. The molecule has 0 atom stereocenters. The molecule has 2 aromatic carbocycles. The first-order valence-corrected chi connectivity index (χ1v) is 6.41. The van der Waals surface area contributed by atoms with Crippen LogP contribution in [0.5, 0.6) is 0 Å². The number of para-hydroxylation sites is 1. The molecule has 21 heavy (non-hydrogen) atoms. The third-order valence-electron chi connectivity index (χ3n) is 3.09. The summed E-state index contributed by atoms with van der Waals surface area (Å²) in [6, 6.07) is 12.6. The molecule has 0 amide bonds. The summed E-state index contributed by atoms with van der Waals surface area (Å²) in [5, 5.41) is 11.8. The molecule has 0 saturated heterocycles. The number of hydrogen-bond acceptors (Lipinski definition) is 4. The lowest BCUT2D eigenvalue weighted by Crippen LogP contribution is -2.03. The van der Waals surface area contributed by atoms with E-state index in [1.807, 2.05) is 0 Å². The molecule has 104 valence electrons. The van der Waals surface area contributed by atoms with Gasteiger partial charge in [-0.05, 0) is 18.2 Å². The zero-order chi connectivity index (χ0) is 15.0. The van der Waals surface area contributed by atoms with Gasteiger partial charge in [0, 0.05) is 28.1 Å². The summed E-state index contributed by atoms with van der Waals surface area (Å²) in [7, 11) is 0. The second-order valence-electron chi connectivity index (χ2n) is 4.41. The quantitative estimate of drug-likeness (QED) is 0.407. The molecule has 1 heterocycles. The lowest BCUT2D eigenvalue weighted by molar-refractivity contribution is -0.384. The zero-order valence-electron chi connectivity index (χ0n) is 10.6. The lowest BCUT2D eigenvalue weighted by atomic mass is 10.1. The first-order valence-electron chi connectivity index (χ1n) is 6.03. The number of halogens is 1. The largest absolute Gasteiger partial charge is 0.422 e. The maximum atomic E-state index is 12.1. The number of non-ortho nitro benzene ring substituents is 1. The van der Waals surface area contributed by atoms with E-state index < -0.39 is 10.5 Å². The van der Waals surface area contributed by atoms with Gasteiger partial charge in [0.15, 0.2) is 0 Å². The highest BCUT2D eigenvalue weighted by Crippen LogP contribution is 2.31. The number of benzene rings is 2. The number of hydrogen-bond donors (Lipinski definition) is 0. The molecule has 0 fully saturated rings. The highest BCUT2D eigenvalue weighted by Gasteiger charge is 2.15. The number of nitro groups is 1. The van der Waals surface area contributed by atoms with Gasteiger partial charge < -0.3 is 4.42 Å². The van der Waals surface area contributed by atoms with E-state index in [0.717, 1.165) is 5.39 Å². The van der Waals surface area contributed by atoms with Crippen LogP contribution in [0.15, 0.2) is 57.7 Å². The predicted octanol–water partition coefficient (Wildman–Crippen LogP) is 4.02. The van der Waals surface area contributed by atoms with E-state index in [9.17, 15) is 14.9 Å². The maximum absolute atomic E-state index is 12.1. The molecule has 0 aliphatic carbocycles. The Kier molecular flexibility index (Phi) is 3.19. The first-order chi connectivity index (χ1) is 10.1. The Balaban J connectivity index is 2.29. The monoisotopic (exact) mass is 301 g/mol. The van der Waals surface area contributed by atoms with E-state index in [1.165, 1.54) is 18.2 Å². The van der Waals surface area contributed by atoms with Crippen molar-refractivity contribution in [2.45, 2.75) is 0 Å². The number of nitrogens with zero attached hydrogens (tertiary/aromatic N) is 1. The zero-order valence-corrected chi connectivity index (χ0v) is 11.3. The van der Waals surface area contributed by atoms with Gasteiger partial charge in [0.25, 0.3) is 5.69 Å². The third kappa shape index (κ3) is 2.39. The van der Waals surface area contributed by atoms with Crippen LogP contribution >= 0.6 is 11.6 Å². The van der Waals surface area contributed by atoms with Crippen LogP contribution in [-0.4, -0.2) is 4.92 Å². The Bertz CT molecular complexity index is 917. The van der Waals surface area contributed by atoms with Crippen LogP contribution in [0.25, 0.3) is 22.1 Å². The smallest absolute Gasteiger partial charge is 0.344 e. The number of nitro benzene ring substituents is 1. The minimum Gasteiger partial charge on any atom is -0.422 e. The van der Waals surface area contributed by atoms with Crippen molar-refractivity contribution in [1.29, 1.82) is 0 Å². The van der Waals surface area contributed by atoms with Gasteiger partial charge in [-0.1, -0.05) is 29.8 Å². The molecular formula is C15H8ClNO4. The van der Waals surface area contributed by atoms with Crippen molar-refractivity contribution < 1.29 is 9.34 Å². The summed E-state index contributed by atoms with van der Waals surface area (Å²) in [4.78, 5) is 22.4. The molecule has 5 nitrogen and oxygen atoms in total. The molecule has 0 spiro atoms. The fourth-order valence-corrected chi connectivity index (χ4v) is 2.30. The molecule has 6 heteroatoms. The minimum atomic E-state index is -0.587. The second-order valence-corrected chi connectivity index (χ2v) is 4.81. The van der Waals surface area contributed by atoms with Crippen molar-refractivity contribution in [1.82, 2.24) is 0 Å². The van der Waals surface area contributed by atoms with Gasteiger partial charge in [0.1, 0.15) is 5.58 Å². The third-order valence-corrected chi connectivity index (χ3v) is 3.42. The van der Waals surface area contributed by atoms with Gasteiger partial charge in [0.05, 0.1) is 10.5 Å². The van der Waals surface area contributed by atoms with E-state index in [4.69, 9.17) is 16.0 Å². The highest BCUT2D eigenvalue weighted by molar-refractivity contribution is 6.33. The van der Waals surface area contributed by atoms with Crippen LogP contribution < -0.4 is 5.63 Å². The van der Waals surface area contributed by atoms with E-state index in [1.54, 1.807) is 30.3 Å². The molecule has 3 aromatic rings. The van der Waals surface area contributed by atoms with Crippen molar-refractivity contribution in [2.75, 3.05) is 0 Å². The Hall–Kier alpha value is -2.66. The molecule has 0 unspecified atom stereocenters. The van der Waals surface area contributed by atoms with E-state index in [2.05, 4.69) is 0 Å². The molecule has 0 aliphatic heterocycles. The Morgan fingerprint density at radius 1 is 1.05 bits per heavy atom. The maximum Gasteiger partial charge on any atom is 0.344 e. The van der Waals surface area contributed by atoms with Crippen LogP contribution in [0.3, 0.4) is 0 Å². The van der Waals surface area contributed by atoms with Gasteiger partial charge in [-0.3, -0.25) is 10.1 Å². The summed E-state index contributed by atoms with van der Waals surface area (Å²) in [5.74, 6) is 0. The number of rotatable bonds is 2. The first kappa shape index (κ1) is 13.3. The van der Waals surface area contributed by atoms with Gasteiger partial charge in [-0.2, -0.15) is 0 Å². The van der Waals surface area contributed by atoms with Gasteiger partial charge in [0.2, 0.25) is 0 Å². The van der Waals surface area contributed by atoms with Crippen molar-refractivity contribution in [3.8, 4) is 11.1 Å². The molecule has 0 bridgehead atoms. The SMILES string of the molecule is O=c1oc2ccccc2cc1-c1cc([N+](=O)[O-])ccc1Cl. The van der Waals surface area contributed by atoms with Crippen molar-refractivity contribution in [3.63, 3.8) is 0 Å². The fraction of sp³-hybridized carbons (Fsp3) is 0. The van der Waals surface area contributed by atoms with E-state index >= 15 is 0 Å². The fourth-order valence-electron chi connectivity index (χ4n) is 2.08. The molecular weight excluding hydrogens is 294 g/mol. The van der Waals surface area contributed by atoms with Crippen LogP contribution in [-0.2, 0) is 0 Å². The Morgan fingerprint density at radius 3 is 2.57 bits per heavy atom. The molecule has 0 radical (unpaired) electrons. The van der Waals surface area contributed by atoms with Crippen LogP contribution in [0, 0.1) is 10.1 Å². The normalized spacial score (nSPS) is 10.7. The van der Waals surface area contributed by atoms with Crippen LogP contribution in [0.2, 0.25) is 5.02 Å². The summed E-state index contributed by atoms with van der Waals surface area (Å²) in [6.45, 7) is 0. The van der Waals surface area contributed by atoms with Gasteiger partial charge >= 0.3 is 5.63 Å². The summed E-state index contributed by atoms with van der Waals surface area (Å²) >= 11 is 6.06. The predicted molar refractivity (Wildman–Crippen MR) is 79.6 cm³/mol. The summed E-state index contributed by atoms with van der Waals surface area (Å²) < 4.78 is 5.22. The molecule has 0 N–H and O–H groups in total. The van der Waals surface area contributed by atoms with Crippen molar-refractivity contribution >= 4 is 28.3 Å². The molecule has 0 saturated carbocycles. The molecule has 3 rings (SSSR count). The minimum absolute atomic E-state index is 0.137. The van der Waals surface area contributed by atoms with Crippen molar-refractivity contribution in [2.24, 2.45) is 0 Å². The Labute approximate surface area is 123 Å². The van der Waals surface area contributed by atoms with Gasteiger partial charge in [-0.25, -0.2) is 4.79 Å². The topological polar surface area (TPSA) is 73.3 Å². The second kappa shape index (κ2) is 5.03. The van der Waals surface area contributed by atoms with Crippen molar-refractivity contribution in [3.05, 3.63) is 74.1 Å². The Morgan fingerprint density at radius 2 is 1.81 bits per heavy atom. The van der Waals surface area contributed by atoms with Gasteiger partial charge in [-0.15, -0.1) is 0 Å². The molecule has 1 aromatic heterocycles. The average Bonchev–Trinajstić information content (AvgIpc) is 2.47. The van der Waals surface area contributed by atoms with E-state index in [0.29, 0.717) is 5.58 Å². The number of fused-ring (bicyclic) bond motifs is 1. The lowest BCUT2D eigenvalue weighted by Gasteiger charge is -2.04. The summed E-state index contributed by atoms with van der Waals surface area (Å²) in [5.41, 5.74) is 0.207. The highest BCUT2D eigenvalue weighted by atomic mass is 35.5. The van der Waals surface area contributed by atoms with Crippen LogP contribution in [0.1, 0.15) is 0 Å². The summed E-state index contributed by atoms with van der Waals surface area (Å²) in [6.07, 6.45) is 0. The van der Waals surface area contributed by atoms with Crippen LogP contribution in [0.4, 0.5) is 5.69 Å². The standard InChI is InChI=1S/C15H8ClNO4/c16-13-6-5-10(17(19)20)8-11(13)12-7-9-3-1-2-4-14(9)21-15(12)18/h1-8H.